The van der Waals surface area contributed by atoms with E-state index in [2.05, 4.69) is 248 Å². The molecule has 1 heteroatoms. The number of anilines is 3. The maximum Gasteiger partial charge on any atom is 0.0714 e. The van der Waals surface area contributed by atoms with Crippen LogP contribution in [0.1, 0.15) is 70.2 Å². The monoisotopic (exact) mass is 869 g/mol. The lowest BCUT2D eigenvalue weighted by atomic mass is 9.67. The molecule has 0 atom stereocenters. The number of hydrogen-bond acceptors (Lipinski definition) is 1. The predicted octanol–water partition coefficient (Wildman–Crippen LogP) is 17.4. The topological polar surface area (TPSA) is 3.24 Å². The summed E-state index contributed by atoms with van der Waals surface area (Å²) >= 11 is 0. The summed E-state index contributed by atoms with van der Waals surface area (Å²) in [7, 11) is 0. The van der Waals surface area contributed by atoms with Gasteiger partial charge in [0.15, 0.2) is 0 Å². The molecule has 0 aliphatic heterocycles. The fourth-order valence-corrected chi connectivity index (χ4v) is 12.7. The van der Waals surface area contributed by atoms with Gasteiger partial charge >= 0.3 is 0 Å². The maximum atomic E-state index is 4.46. The minimum absolute atomic E-state index is 0.0480. The molecule has 4 aliphatic carbocycles. The van der Waals surface area contributed by atoms with E-state index in [4.69, 9.17) is 0 Å². The number of allylic oxidation sites excluding steroid dienone is 5. The Hall–Kier alpha value is -8.00. The lowest BCUT2D eigenvalue weighted by Crippen LogP contribution is -2.28. The second-order valence-corrected chi connectivity index (χ2v) is 19.1. The Labute approximate surface area is 400 Å². The Morgan fingerprint density at radius 3 is 1.76 bits per heavy atom. The smallest absolute Gasteiger partial charge is 0.0714 e. The van der Waals surface area contributed by atoms with Crippen LogP contribution < -0.4 is 4.90 Å². The summed E-state index contributed by atoms with van der Waals surface area (Å²) in [4.78, 5) is 2.56. The van der Waals surface area contributed by atoms with Gasteiger partial charge in [-0.15, -0.1) is 0 Å². The van der Waals surface area contributed by atoms with Crippen LogP contribution in [0.3, 0.4) is 0 Å². The molecule has 1 fully saturated rings. The normalized spacial score (nSPS) is 16.4. The second-order valence-electron chi connectivity index (χ2n) is 19.1. The van der Waals surface area contributed by atoms with Crippen LogP contribution in [0.5, 0.6) is 0 Å². The maximum absolute atomic E-state index is 4.46. The summed E-state index contributed by atoms with van der Waals surface area (Å²) in [6.45, 7) is 4.46. The summed E-state index contributed by atoms with van der Waals surface area (Å²) in [5.74, 6) is 0. The average molecular weight is 870 g/mol. The standard InChI is InChI=1S/C67H51N/c1-46-20-5-2-6-21-48-34-35-49(44-59(48)55-27-12-11-26-54(46)55)47-36-38-52(39-37-47)68(64-33-19-32-62-65(64)58-29-14-15-30-60(58)66(62)42-17-18-43-66)53-40-41-57-56-28-13-16-31-61(56)67(63(57)45-53,50-22-7-3-8-23-50)51-24-9-4-10-25-51/h2-16,19-20,22-41,44-45H,1,17-18,21,42-43H2/b6-2-,20-5-. The third kappa shape index (κ3) is 6.08. The van der Waals surface area contributed by atoms with Crippen molar-refractivity contribution in [3.05, 3.63) is 288 Å². The van der Waals surface area contributed by atoms with Crippen LogP contribution in [0.25, 0.3) is 50.1 Å². The van der Waals surface area contributed by atoms with Gasteiger partial charge in [0.25, 0.3) is 0 Å². The summed E-state index contributed by atoms with van der Waals surface area (Å²) in [5.41, 5.74) is 24.8. The lowest BCUT2D eigenvalue weighted by molar-refractivity contribution is 0.550. The minimum Gasteiger partial charge on any atom is -0.310 e. The highest BCUT2D eigenvalue weighted by molar-refractivity contribution is 5.97. The third-order valence-electron chi connectivity index (χ3n) is 15.7. The largest absolute Gasteiger partial charge is 0.310 e. The highest BCUT2D eigenvalue weighted by Gasteiger charge is 2.48. The molecule has 13 rings (SSSR count). The Kier molecular flexibility index (Phi) is 9.54. The molecule has 4 aliphatic rings. The first-order valence-electron chi connectivity index (χ1n) is 24.4. The van der Waals surface area contributed by atoms with Crippen molar-refractivity contribution < 1.29 is 0 Å². The van der Waals surface area contributed by atoms with Crippen molar-refractivity contribution in [3.8, 4) is 44.5 Å². The van der Waals surface area contributed by atoms with Crippen molar-refractivity contribution >= 4 is 22.6 Å². The Balaban J connectivity index is 1.02. The van der Waals surface area contributed by atoms with E-state index >= 15 is 0 Å². The molecule has 324 valence electrons. The van der Waals surface area contributed by atoms with Crippen LogP contribution >= 0.6 is 0 Å². The highest BCUT2D eigenvalue weighted by atomic mass is 15.1. The molecule has 0 heterocycles. The molecule has 0 N–H and O–H groups in total. The first kappa shape index (κ1) is 40.3. The van der Waals surface area contributed by atoms with E-state index in [1.54, 1.807) is 0 Å². The Morgan fingerprint density at radius 2 is 1.01 bits per heavy atom. The number of rotatable bonds is 6. The van der Waals surface area contributed by atoms with Crippen molar-refractivity contribution in [2.45, 2.75) is 42.9 Å². The molecule has 1 nitrogen and oxygen atoms in total. The van der Waals surface area contributed by atoms with E-state index in [9.17, 15) is 0 Å². The van der Waals surface area contributed by atoms with Crippen LogP contribution in [0.4, 0.5) is 17.1 Å². The van der Waals surface area contributed by atoms with Gasteiger partial charge in [-0.3, -0.25) is 0 Å². The molecule has 1 saturated carbocycles. The molecule has 68 heavy (non-hydrogen) atoms. The zero-order valence-electron chi connectivity index (χ0n) is 38.2. The molecule has 0 saturated heterocycles. The van der Waals surface area contributed by atoms with E-state index in [0.29, 0.717) is 0 Å². The van der Waals surface area contributed by atoms with Gasteiger partial charge in [-0.1, -0.05) is 220 Å². The fourth-order valence-electron chi connectivity index (χ4n) is 12.7. The predicted molar refractivity (Wildman–Crippen MR) is 285 cm³/mol. The van der Waals surface area contributed by atoms with Gasteiger partial charge in [-0.05, 0) is 145 Å². The number of hydrogen-bond donors (Lipinski definition) is 0. The zero-order valence-corrected chi connectivity index (χ0v) is 38.2. The van der Waals surface area contributed by atoms with E-state index in [1.165, 1.54) is 120 Å². The Bertz CT molecular complexity index is 3450. The lowest BCUT2D eigenvalue weighted by Gasteiger charge is -2.35. The first-order chi connectivity index (χ1) is 33.6. The summed E-state index contributed by atoms with van der Waals surface area (Å²) < 4.78 is 0. The zero-order chi connectivity index (χ0) is 45.2. The van der Waals surface area contributed by atoms with Crippen molar-refractivity contribution in [3.63, 3.8) is 0 Å². The van der Waals surface area contributed by atoms with Crippen molar-refractivity contribution in [2.24, 2.45) is 0 Å². The van der Waals surface area contributed by atoms with Crippen molar-refractivity contribution in [2.75, 3.05) is 4.90 Å². The van der Waals surface area contributed by atoms with Gasteiger partial charge in [-0.25, -0.2) is 0 Å². The SMILES string of the molecule is C=C1/C=C\C=C/Cc2ccc(-c3ccc(N(c4ccc5c(c4)C(c4ccccc4)(c4ccccc4)c4ccccc4-5)c4cccc5c4-c4ccccc4C54CCCC4)cc3)cc2-c2ccccc21. The molecule has 0 aromatic heterocycles. The third-order valence-corrected chi connectivity index (χ3v) is 15.7. The average Bonchev–Trinajstić information content (AvgIpc) is 4.10. The quantitative estimate of drug-likeness (QED) is 0.161. The Morgan fingerprint density at radius 1 is 0.412 bits per heavy atom. The number of benzene rings is 9. The first-order valence-corrected chi connectivity index (χ1v) is 24.4. The van der Waals surface area contributed by atoms with Crippen LogP contribution in [-0.2, 0) is 17.3 Å². The number of nitrogens with zero attached hydrogens (tertiary/aromatic N) is 1. The number of fused-ring (bicyclic) bond motifs is 11. The van der Waals surface area contributed by atoms with E-state index in [0.717, 1.165) is 23.4 Å². The molecule has 0 radical (unpaired) electrons. The summed E-state index contributed by atoms with van der Waals surface area (Å²) in [6, 6.07) is 80.1. The molecule has 0 unspecified atom stereocenters. The molecule has 0 bridgehead atoms. The molecule has 9 aromatic rings. The molecule has 0 amide bonds. The van der Waals surface area contributed by atoms with Crippen LogP contribution in [0.2, 0.25) is 0 Å². The van der Waals surface area contributed by atoms with Crippen LogP contribution in [0, 0.1) is 0 Å². The van der Waals surface area contributed by atoms with Crippen LogP contribution in [0.15, 0.2) is 243 Å². The molecule has 1 spiro atoms. The highest BCUT2D eigenvalue weighted by Crippen LogP contribution is 2.61. The van der Waals surface area contributed by atoms with Gasteiger partial charge in [0.1, 0.15) is 0 Å². The van der Waals surface area contributed by atoms with Gasteiger partial charge in [0.05, 0.1) is 11.1 Å². The summed E-state index contributed by atoms with van der Waals surface area (Å²) in [5, 5.41) is 0. The van der Waals surface area contributed by atoms with E-state index in [-0.39, 0.29) is 5.41 Å². The van der Waals surface area contributed by atoms with Gasteiger partial charge in [-0.2, -0.15) is 0 Å². The van der Waals surface area contributed by atoms with Crippen molar-refractivity contribution in [1.82, 2.24) is 0 Å². The van der Waals surface area contributed by atoms with Crippen LogP contribution in [-0.4, -0.2) is 0 Å². The fraction of sp³-hybridized carbons (Fsp3) is 0.104. The molecular weight excluding hydrogens is 819 g/mol. The van der Waals surface area contributed by atoms with E-state index < -0.39 is 5.41 Å². The van der Waals surface area contributed by atoms with Gasteiger partial charge in [0, 0.05) is 22.4 Å². The van der Waals surface area contributed by atoms with Gasteiger partial charge in [0.2, 0.25) is 0 Å². The van der Waals surface area contributed by atoms with Crippen molar-refractivity contribution in [1.29, 1.82) is 0 Å². The van der Waals surface area contributed by atoms with E-state index in [1.807, 2.05) is 0 Å². The summed E-state index contributed by atoms with van der Waals surface area (Å²) in [6.07, 6.45) is 14.4. The molecular formula is C67H51N. The minimum atomic E-state index is -0.515. The van der Waals surface area contributed by atoms with Gasteiger partial charge < -0.3 is 4.90 Å². The molecule has 9 aromatic carbocycles. The second kappa shape index (κ2) is 16.1.